The molecular weight excluding hydrogens is 314 g/mol. The van der Waals surface area contributed by atoms with Crippen molar-refractivity contribution in [2.75, 3.05) is 12.4 Å². The molecule has 24 heavy (non-hydrogen) atoms. The lowest BCUT2D eigenvalue weighted by molar-refractivity contribution is -0.111. The normalized spacial score (nSPS) is 10.1. The van der Waals surface area contributed by atoms with Crippen LogP contribution in [0.25, 0.3) is 0 Å². The van der Waals surface area contributed by atoms with Crippen LogP contribution in [0.5, 0.6) is 0 Å². The van der Waals surface area contributed by atoms with E-state index >= 15 is 0 Å². The molecule has 0 aliphatic carbocycles. The Hall–Kier alpha value is -3.02. The van der Waals surface area contributed by atoms with Crippen LogP contribution in [0, 0.1) is 11.6 Å². The zero-order chi connectivity index (χ0) is 17.7. The average Bonchev–Trinajstić information content (AvgIpc) is 2.57. The number of anilines is 1. The molecule has 2 aromatic rings. The van der Waals surface area contributed by atoms with Gasteiger partial charge in [0, 0.05) is 23.9 Å². The summed E-state index contributed by atoms with van der Waals surface area (Å²) in [6.07, 6.45) is 1.11. The minimum atomic E-state index is -0.707. The lowest BCUT2D eigenvalue weighted by atomic mass is 10.1. The SMILES string of the molecule is C=CC(=O)Nc1cccc(C(=O)N(C)Cc2c(F)cccc2F)c1. The van der Waals surface area contributed by atoms with E-state index in [9.17, 15) is 18.4 Å². The smallest absolute Gasteiger partial charge is 0.253 e. The first-order chi connectivity index (χ1) is 11.4. The molecule has 2 aromatic carbocycles. The maximum absolute atomic E-state index is 13.7. The number of rotatable bonds is 5. The largest absolute Gasteiger partial charge is 0.337 e. The molecule has 1 N–H and O–H groups in total. The Labute approximate surface area is 138 Å². The molecule has 6 heteroatoms. The predicted molar refractivity (Wildman–Crippen MR) is 87.4 cm³/mol. The highest BCUT2D eigenvalue weighted by Crippen LogP contribution is 2.17. The van der Waals surface area contributed by atoms with Crippen LogP contribution in [0.4, 0.5) is 14.5 Å². The predicted octanol–water partition coefficient (Wildman–Crippen LogP) is 3.36. The van der Waals surface area contributed by atoms with Crippen LogP contribution in [0.2, 0.25) is 0 Å². The van der Waals surface area contributed by atoms with Crippen molar-refractivity contribution in [3.8, 4) is 0 Å². The molecule has 0 atom stereocenters. The van der Waals surface area contributed by atoms with Gasteiger partial charge >= 0.3 is 0 Å². The van der Waals surface area contributed by atoms with Gasteiger partial charge in [-0.2, -0.15) is 0 Å². The van der Waals surface area contributed by atoms with Gasteiger partial charge in [0.05, 0.1) is 6.54 Å². The van der Waals surface area contributed by atoms with Crippen LogP contribution in [0.3, 0.4) is 0 Å². The second-order valence-electron chi connectivity index (χ2n) is 5.14. The highest BCUT2D eigenvalue weighted by atomic mass is 19.1. The fourth-order valence-corrected chi connectivity index (χ4v) is 2.14. The summed E-state index contributed by atoms with van der Waals surface area (Å²) in [4.78, 5) is 24.9. The van der Waals surface area contributed by atoms with Gasteiger partial charge in [-0.15, -0.1) is 0 Å². The molecule has 0 aromatic heterocycles. The summed E-state index contributed by atoms with van der Waals surface area (Å²) in [7, 11) is 1.45. The number of nitrogens with one attached hydrogen (secondary N) is 1. The van der Waals surface area contributed by atoms with Gasteiger partial charge in [-0.25, -0.2) is 8.78 Å². The van der Waals surface area contributed by atoms with E-state index in [-0.39, 0.29) is 17.7 Å². The van der Waals surface area contributed by atoms with Crippen molar-refractivity contribution in [3.05, 3.63) is 77.9 Å². The van der Waals surface area contributed by atoms with Gasteiger partial charge in [0.2, 0.25) is 5.91 Å². The molecule has 0 spiro atoms. The number of carbonyl (C=O) groups is 2. The minimum absolute atomic E-state index is 0.176. The van der Waals surface area contributed by atoms with Gasteiger partial charge in [0.1, 0.15) is 11.6 Å². The van der Waals surface area contributed by atoms with E-state index in [0.717, 1.165) is 18.2 Å². The number of halogens is 2. The van der Waals surface area contributed by atoms with E-state index in [1.165, 1.54) is 24.1 Å². The summed E-state index contributed by atoms with van der Waals surface area (Å²) in [6.45, 7) is 3.14. The highest BCUT2D eigenvalue weighted by molar-refractivity contribution is 6.00. The monoisotopic (exact) mass is 330 g/mol. The number of carbonyl (C=O) groups excluding carboxylic acids is 2. The van der Waals surface area contributed by atoms with Gasteiger partial charge in [-0.05, 0) is 36.4 Å². The van der Waals surface area contributed by atoms with E-state index in [4.69, 9.17) is 0 Å². The molecule has 4 nitrogen and oxygen atoms in total. The van der Waals surface area contributed by atoms with Crippen molar-refractivity contribution in [2.45, 2.75) is 6.54 Å². The number of benzene rings is 2. The molecule has 124 valence electrons. The molecule has 0 saturated carbocycles. The number of amides is 2. The van der Waals surface area contributed by atoms with E-state index in [2.05, 4.69) is 11.9 Å². The molecule has 0 heterocycles. The lowest BCUT2D eigenvalue weighted by Crippen LogP contribution is -2.27. The molecule has 2 amide bonds. The van der Waals surface area contributed by atoms with Crippen LogP contribution in [0.15, 0.2) is 55.1 Å². The Morgan fingerprint density at radius 1 is 1.17 bits per heavy atom. The maximum Gasteiger partial charge on any atom is 0.253 e. The molecule has 0 bridgehead atoms. The Bertz CT molecular complexity index is 770. The third kappa shape index (κ3) is 4.04. The first-order valence-electron chi connectivity index (χ1n) is 7.14. The zero-order valence-electron chi connectivity index (χ0n) is 13.1. The topological polar surface area (TPSA) is 49.4 Å². The average molecular weight is 330 g/mol. The molecular formula is C18H16F2N2O2. The standard InChI is InChI=1S/C18H16F2N2O2/c1-3-17(23)21-13-7-4-6-12(10-13)18(24)22(2)11-14-15(19)8-5-9-16(14)20/h3-10H,1,11H2,2H3,(H,21,23). The van der Waals surface area contributed by atoms with Crippen molar-refractivity contribution >= 4 is 17.5 Å². The van der Waals surface area contributed by atoms with E-state index in [1.54, 1.807) is 18.2 Å². The summed E-state index contributed by atoms with van der Waals surface area (Å²) >= 11 is 0. The maximum atomic E-state index is 13.7. The van der Waals surface area contributed by atoms with Gasteiger partial charge in [-0.3, -0.25) is 9.59 Å². The quantitative estimate of drug-likeness (QED) is 0.855. The first-order valence-corrected chi connectivity index (χ1v) is 7.14. The third-order valence-electron chi connectivity index (χ3n) is 3.37. The first kappa shape index (κ1) is 17.3. The van der Waals surface area contributed by atoms with E-state index in [0.29, 0.717) is 5.69 Å². The third-order valence-corrected chi connectivity index (χ3v) is 3.37. The van der Waals surface area contributed by atoms with Crippen molar-refractivity contribution in [1.29, 1.82) is 0 Å². The molecule has 0 radical (unpaired) electrons. The number of hydrogen-bond acceptors (Lipinski definition) is 2. The van der Waals surface area contributed by atoms with Crippen LogP contribution >= 0.6 is 0 Å². The van der Waals surface area contributed by atoms with Gasteiger partial charge in [0.25, 0.3) is 5.91 Å². The van der Waals surface area contributed by atoms with Crippen LogP contribution < -0.4 is 5.32 Å². The van der Waals surface area contributed by atoms with Crippen LogP contribution in [0.1, 0.15) is 15.9 Å². The summed E-state index contributed by atoms with van der Waals surface area (Å²) in [5.41, 5.74) is 0.539. The number of nitrogens with zero attached hydrogens (tertiary/aromatic N) is 1. The molecule has 0 fully saturated rings. The van der Waals surface area contributed by atoms with Crippen LogP contribution in [-0.2, 0) is 11.3 Å². The van der Waals surface area contributed by atoms with E-state index in [1.807, 2.05) is 0 Å². The highest BCUT2D eigenvalue weighted by Gasteiger charge is 2.17. The second kappa shape index (κ2) is 7.50. The molecule has 0 saturated heterocycles. The molecule has 0 unspecified atom stereocenters. The Kier molecular flexibility index (Phi) is 5.42. The van der Waals surface area contributed by atoms with Crippen LogP contribution in [-0.4, -0.2) is 23.8 Å². The minimum Gasteiger partial charge on any atom is -0.337 e. The summed E-state index contributed by atoms with van der Waals surface area (Å²) in [5, 5.41) is 2.55. The lowest BCUT2D eigenvalue weighted by Gasteiger charge is -2.18. The zero-order valence-corrected chi connectivity index (χ0v) is 13.1. The Balaban J connectivity index is 2.17. The van der Waals surface area contributed by atoms with Gasteiger partial charge in [0.15, 0.2) is 0 Å². The fraction of sp³-hybridized carbons (Fsp3) is 0.111. The van der Waals surface area contributed by atoms with Crippen molar-refractivity contribution in [1.82, 2.24) is 4.90 Å². The molecule has 2 rings (SSSR count). The Morgan fingerprint density at radius 2 is 1.79 bits per heavy atom. The molecule has 0 aliphatic rings. The van der Waals surface area contributed by atoms with Crippen molar-refractivity contribution in [2.24, 2.45) is 0 Å². The summed E-state index contributed by atoms with van der Waals surface area (Å²) in [5.74, 6) is -2.24. The van der Waals surface area contributed by atoms with Crippen molar-refractivity contribution < 1.29 is 18.4 Å². The molecule has 0 aliphatic heterocycles. The van der Waals surface area contributed by atoms with Gasteiger partial charge < -0.3 is 10.2 Å². The summed E-state index contributed by atoms with van der Waals surface area (Å²) < 4.78 is 27.4. The Morgan fingerprint density at radius 3 is 2.42 bits per heavy atom. The fourth-order valence-electron chi connectivity index (χ4n) is 2.14. The summed E-state index contributed by atoms with van der Waals surface area (Å²) in [6, 6.07) is 9.81. The van der Waals surface area contributed by atoms with E-state index < -0.39 is 23.4 Å². The van der Waals surface area contributed by atoms with Crippen molar-refractivity contribution in [3.63, 3.8) is 0 Å². The van der Waals surface area contributed by atoms with Gasteiger partial charge in [-0.1, -0.05) is 18.7 Å². The second-order valence-corrected chi connectivity index (χ2v) is 5.14. The number of hydrogen-bond donors (Lipinski definition) is 1.